The fraction of sp³-hybridized carbons (Fsp3) is 0.421. The highest BCUT2D eigenvalue weighted by Crippen LogP contribution is 2.32. The van der Waals surface area contributed by atoms with Crippen LogP contribution < -0.4 is 15.0 Å². The van der Waals surface area contributed by atoms with Crippen LogP contribution in [0.25, 0.3) is 0 Å². The molecule has 1 N–H and O–H groups in total. The van der Waals surface area contributed by atoms with E-state index in [2.05, 4.69) is 50.1 Å². The lowest BCUT2D eigenvalue weighted by Gasteiger charge is -2.38. The fourth-order valence-corrected chi connectivity index (χ4v) is 4.44. The summed E-state index contributed by atoms with van der Waals surface area (Å²) in [7, 11) is 0. The van der Waals surface area contributed by atoms with E-state index in [1.165, 1.54) is 29.4 Å². The van der Waals surface area contributed by atoms with Crippen LogP contribution in [0.2, 0.25) is 0 Å². The molecule has 1 saturated heterocycles. The Kier molecular flexibility index (Phi) is 5.09. The van der Waals surface area contributed by atoms with Crippen molar-refractivity contribution in [1.29, 1.82) is 0 Å². The van der Waals surface area contributed by atoms with Gasteiger partial charge in [-0.2, -0.15) is 0 Å². The summed E-state index contributed by atoms with van der Waals surface area (Å²) in [6, 6.07) is 6.70. The molecule has 1 aromatic heterocycles. The summed E-state index contributed by atoms with van der Waals surface area (Å²) < 4.78 is 5.72. The SMILES string of the molecule is C=CC(c1ccc2c(c1)OCC2)N1CCN(c2nnc(NC(C)=O)s2)CC1. The Hall–Kier alpha value is -2.45. The third-order valence-electron chi connectivity index (χ3n) is 4.96. The number of carbonyl (C=O) groups is 1. The van der Waals surface area contributed by atoms with Crippen LogP contribution in [0.5, 0.6) is 5.75 Å². The number of fused-ring (bicyclic) bond motifs is 1. The van der Waals surface area contributed by atoms with Crippen LogP contribution in [0.1, 0.15) is 24.1 Å². The highest BCUT2D eigenvalue weighted by atomic mass is 32.1. The van der Waals surface area contributed by atoms with Crippen molar-refractivity contribution >= 4 is 27.5 Å². The zero-order chi connectivity index (χ0) is 18.8. The lowest BCUT2D eigenvalue weighted by Crippen LogP contribution is -2.47. The van der Waals surface area contributed by atoms with Crippen LogP contribution in [0.4, 0.5) is 10.3 Å². The number of ether oxygens (including phenoxy) is 1. The van der Waals surface area contributed by atoms with Gasteiger partial charge in [0.1, 0.15) is 5.75 Å². The summed E-state index contributed by atoms with van der Waals surface area (Å²) in [5.74, 6) is 0.881. The largest absolute Gasteiger partial charge is 0.493 e. The van der Waals surface area contributed by atoms with E-state index in [9.17, 15) is 4.79 Å². The smallest absolute Gasteiger partial charge is 0.223 e. The van der Waals surface area contributed by atoms with Gasteiger partial charge in [-0.15, -0.1) is 16.8 Å². The minimum Gasteiger partial charge on any atom is -0.493 e. The fourth-order valence-electron chi connectivity index (χ4n) is 3.60. The monoisotopic (exact) mass is 385 g/mol. The number of benzene rings is 1. The second-order valence-corrected chi connectivity index (χ2v) is 7.70. The van der Waals surface area contributed by atoms with Gasteiger partial charge in [-0.05, 0) is 17.2 Å². The number of piperazine rings is 1. The first-order valence-electron chi connectivity index (χ1n) is 9.12. The second kappa shape index (κ2) is 7.66. The lowest BCUT2D eigenvalue weighted by atomic mass is 10.0. The highest BCUT2D eigenvalue weighted by molar-refractivity contribution is 7.19. The van der Waals surface area contributed by atoms with Gasteiger partial charge in [-0.25, -0.2) is 0 Å². The molecule has 1 unspecified atom stereocenters. The number of amides is 1. The molecule has 1 aromatic carbocycles. The molecule has 3 heterocycles. The van der Waals surface area contributed by atoms with E-state index in [0.29, 0.717) is 5.13 Å². The number of anilines is 2. The lowest BCUT2D eigenvalue weighted by molar-refractivity contribution is -0.114. The van der Waals surface area contributed by atoms with Gasteiger partial charge in [-0.3, -0.25) is 9.69 Å². The molecule has 2 aliphatic heterocycles. The number of nitrogens with zero attached hydrogens (tertiary/aromatic N) is 4. The van der Waals surface area contributed by atoms with Crippen molar-refractivity contribution in [3.05, 3.63) is 42.0 Å². The predicted octanol–water partition coefficient (Wildman–Crippen LogP) is 2.48. The number of nitrogens with one attached hydrogen (secondary N) is 1. The third kappa shape index (κ3) is 3.81. The van der Waals surface area contributed by atoms with Crippen molar-refractivity contribution < 1.29 is 9.53 Å². The van der Waals surface area contributed by atoms with Gasteiger partial charge >= 0.3 is 0 Å². The van der Waals surface area contributed by atoms with Crippen LogP contribution in [0.3, 0.4) is 0 Å². The predicted molar refractivity (Wildman–Crippen MR) is 107 cm³/mol. The van der Waals surface area contributed by atoms with E-state index < -0.39 is 0 Å². The van der Waals surface area contributed by atoms with Crippen LogP contribution in [0.15, 0.2) is 30.9 Å². The summed E-state index contributed by atoms with van der Waals surface area (Å²) in [6.07, 6.45) is 3.00. The minimum absolute atomic E-state index is 0.130. The molecule has 0 saturated carbocycles. The van der Waals surface area contributed by atoms with E-state index in [1.807, 2.05) is 6.08 Å². The van der Waals surface area contributed by atoms with Crippen molar-refractivity contribution in [1.82, 2.24) is 15.1 Å². The number of aromatic nitrogens is 2. The normalized spacial score (nSPS) is 17.9. The Labute approximate surface area is 162 Å². The summed E-state index contributed by atoms with van der Waals surface area (Å²) in [5.41, 5.74) is 2.51. The molecular weight excluding hydrogens is 362 g/mol. The van der Waals surface area contributed by atoms with Gasteiger partial charge in [0.15, 0.2) is 0 Å². The molecule has 0 bridgehead atoms. The maximum absolute atomic E-state index is 11.1. The Bertz CT molecular complexity index is 844. The van der Waals surface area contributed by atoms with Crippen molar-refractivity contribution in [2.45, 2.75) is 19.4 Å². The van der Waals surface area contributed by atoms with E-state index in [0.717, 1.165) is 50.1 Å². The maximum Gasteiger partial charge on any atom is 0.223 e. The van der Waals surface area contributed by atoms with Crippen molar-refractivity contribution in [2.24, 2.45) is 0 Å². The molecule has 1 amide bonds. The molecule has 27 heavy (non-hydrogen) atoms. The van der Waals surface area contributed by atoms with Crippen LogP contribution in [-0.2, 0) is 11.2 Å². The Morgan fingerprint density at radius 3 is 2.89 bits per heavy atom. The Morgan fingerprint density at radius 1 is 1.33 bits per heavy atom. The van der Waals surface area contributed by atoms with E-state index in [4.69, 9.17) is 4.74 Å². The number of carbonyl (C=O) groups excluding carboxylic acids is 1. The maximum atomic E-state index is 11.1. The van der Waals surface area contributed by atoms with E-state index >= 15 is 0 Å². The van der Waals surface area contributed by atoms with Crippen LogP contribution >= 0.6 is 11.3 Å². The molecule has 142 valence electrons. The van der Waals surface area contributed by atoms with Crippen molar-refractivity contribution in [3.63, 3.8) is 0 Å². The molecule has 1 atom stereocenters. The minimum atomic E-state index is -0.130. The molecule has 0 radical (unpaired) electrons. The summed E-state index contributed by atoms with van der Waals surface area (Å²) in [6.45, 7) is 9.84. The molecule has 2 aromatic rings. The van der Waals surface area contributed by atoms with Crippen LogP contribution in [-0.4, -0.2) is 53.8 Å². The summed E-state index contributed by atoms with van der Waals surface area (Å²) in [5, 5.41) is 12.3. The molecular formula is C19H23N5O2S. The first-order chi connectivity index (χ1) is 13.1. The molecule has 0 spiro atoms. The zero-order valence-electron chi connectivity index (χ0n) is 15.4. The molecule has 1 fully saturated rings. The van der Waals surface area contributed by atoms with Gasteiger partial charge in [0.25, 0.3) is 0 Å². The third-order valence-corrected chi connectivity index (χ3v) is 5.86. The molecule has 8 heteroatoms. The second-order valence-electron chi connectivity index (χ2n) is 6.74. The molecule has 0 aliphatic carbocycles. The van der Waals surface area contributed by atoms with Crippen molar-refractivity contribution in [2.75, 3.05) is 43.0 Å². The zero-order valence-corrected chi connectivity index (χ0v) is 16.2. The van der Waals surface area contributed by atoms with E-state index in [-0.39, 0.29) is 11.9 Å². The molecule has 4 rings (SSSR count). The van der Waals surface area contributed by atoms with Crippen molar-refractivity contribution in [3.8, 4) is 5.75 Å². The highest BCUT2D eigenvalue weighted by Gasteiger charge is 2.26. The van der Waals surface area contributed by atoms with Gasteiger partial charge in [-0.1, -0.05) is 29.5 Å². The molecule has 2 aliphatic rings. The molecule has 7 nitrogen and oxygen atoms in total. The standard InChI is InChI=1S/C19H23N5O2S/c1-3-16(15-5-4-14-6-11-26-17(14)12-15)23-7-9-24(10-8-23)19-22-21-18(27-19)20-13(2)25/h3-5,12,16H,1,6-11H2,2H3,(H,20,21,25). The first kappa shape index (κ1) is 17.9. The van der Waals surface area contributed by atoms with Gasteiger partial charge < -0.3 is 15.0 Å². The summed E-state index contributed by atoms with van der Waals surface area (Å²) >= 11 is 1.41. The Morgan fingerprint density at radius 2 is 2.15 bits per heavy atom. The average molecular weight is 385 g/mol. The average Bonchev–Trinajstić information content (AvgIpc) is 3.31. The number of hydrogen-bond acceptors (Lipinski definition) is 7. The van der Waals surface area contributed by atoms with Crippen LogP contribution in [0, 0.1) is 0 Å². The van der Waals surface area contributed by atoms with Gasteiger partial charge in [0.05, 0.1) is 12.6 Å². The Balaban J connectivity index is 1.41. The summed E-state index contributed by atoms with van der Waals surface area (Å²) in [4.78, 5) is 15.8. The van der Waals surface area contributed by atoms with Gasteiger partial charge in [0, 0.05) is 39.5 Å². The first-order valence-corrected chi connectivity index (χ1v) is 9.94. The van der Waals surface area contributed by atoms with Gasteiger partial charge in [0.2, 0.25) is 16.2 Å². The number of rotatable bonds is 5. The number of hydrogen-bond donors (Lipinski definition) is 1. The quantitative estimate of drug-likeness (QED) is 0.798. The van der Waals surface area contributed by atoms with E-state index in [1.54, 1.807) is 0 Å². The topological polar surface area (TPSA) is 70.6 Å².